The number of carbonyl (C=O) groups is 1. The van der Waals surface area contributed by atoms with E-state index in [1.807, 2.05) is 0 Å². The summed E-state index contributed by atoms with van der Waals surface area (Å²) in [5, 5.41) is 2.91. The minimum atomic E-state index is -2.31. The zero-order valence-corrected chi connectivity index (χ0v) is 11.6. The molecule has 1 aliphatic carbocycles. The summed E-state index contributed by atoms with van der Waals surface area (Å²) in [4.78, 5) is 15.7. The van der Waals surface area contributed by atoms with Gasteiger partial charge in [-0.05, 0) is 30.9 Å². The third kappa shape index (κ3) is 3.34. The monoisotopic (exact) mass is 308 g/mol. The lowest BCUT2D eigenvalue weighted by atomic mass is 10.1. The molecule has 1 saturated carbocycles. The SMILES string of the molecule is Cc1c(C(=O)NC[C@@H]2C[C@H]2C(F)F)cc(Cl)nc1Cl. The lowest BCUT2D eigenvalue weighted by Gasteiger charge is -2.09. The molecule has 1 aliphatic rings. The number of amides is 1. The number of nitrogens with zero attached hydrogens (tertiary/aromatic N) is 1. The maximum Gasteiger partial charge on any atom is 0.251 e. The van der Waals surface area contributed by atoms with E-state index in [9.17, 15) is 13.6 Å². The lowest BCUT2D eigenvalue weighted by Crippen LogP contribution is -2.27. The predicted octanol–water partition coefficient (Wildman–Crippen LogP) is 3.33. The lowest BCUT2D eigenvalue weighted by molar-refractivity contribution is 0.0937. The summed E-state index contributed by atoms with van der Waals surface area (Å²) in [5.41, 5.74) is 0.837. The van der Waals surface area contributed by atoms with Crippen LogP contribution in [0.4, 0.5) is 8.78 Å². The van der Waals surface area contributed by atoms with E-state index in [-0.39, 0.29) is 28.7 Å². The van der Waals surface area contributed by atoms with E-state index in [4.69, 9.17) is 23.2 Å². The molecule has 2 atom stereocenters. The molecule has 0 saturated heterocycles. The zero-order valence-electron chi connectivity index (χ0n) is 10.1. The molecule has 0 aliphatic heterocycles. The molecule has 0 aromatic carbocycles. The van der Waals surface area contributed by atoms with Gasteiger partial charge in [-0.3, -0.25) is 4.79 Å². The van der Waals surface area contributed by atoms with Crippen LogP contribution in [0, 0.1) is 18.8 Å². The smallest absolute Gasteiger partial charge is 0.251 e. The van der Waals surface area contributed by atoms with Gasteiger partial charge in [0.15, 0.2) is 0 Å². The summed E-state index contributed by atoms with van der Waals surface area (Å²) in [7, 11) is 0. The molecule has 7 heteroatoms. The van der Waals surface area contributed by atoms with Crippen LogP contribution in [-0.2, 0) is 0 Å². The van der Waals surface area contributed by atoms with E-state index < -0.39 is 12.3 Å². The Hall–Kier alpha value is -0.940. The number of nitrogens with one attached hydrogen (secondary N) is 1. The van der Waals surface area contributed by atoms with Gasteiger partial charge >= 0.3 is 0 Å². The van der Waals surface area contributed by atoms with E-state index in [0.29, 0.717) is 17.5 Å². The molecule has 1 N–H and O–H groups in total. The number of carbonyl (C=O) groups excluding carboxylic acids is 1. The van der Waals surface area contributed by atoms with Crippen LogP contribution in [0.5, 0.6) is 0 Å². The fourth-order valence-electron chi connectivity index (χ4n) is 1.92. The Bertz CT molecular complexity index is 511. The number of halogens is 4. The van der Waals surface area contributed by atoms with Crippen molar-refractivity contribution >= 4 is 29.1 Å². The molecule has 3 nitrogen and oxygen atoms in total. The van der Waals surface area contributed by atoms with Crippen molar-refractivity contribution in [2.45, 2.75) is 19.8 Å². The molecule has 1 amide bonds. The van der Waals surface area contributed by atoms with Gasteiger partial charge in [-0.2, -0.15) is 0 Å². The fraction of sp³-hybridized carbons (Fsp3) is 0.500. The van der Waals surface area contributed by atoms with Crippen molar-refractivity contribution in [3.63, 3.8) is 0 Å². The van der Waals surface area contributed by atoms with Gasteiger partial charge in [0.05, 0.1) is 0 Å². The molecule has 1 heterocycles. The Morgan fingerprint density at radius 1 is 1.58 bits per heavy atom. The quantitative estimate of drug-likeness (QED) is 0.867. The highest BCUT2D eigenvalue weighted by Gasteiger charge is 2.43. The molecule has 0 radical (unpaired) electrons. The van der Waals surface area contributed by atoms with Crippen LogP contribution in [0.2, 0.25) is 10.3 Å². The maximum absolute atomic E-state index is 12.3. The fourth-order valence-corrected chi connectivity index (χ4v) is 2.35. The normalized spacial score (nSPS) is 21.6. The zero-order chi connectivity index (χ0) is 14.2. The van der Waals surface area contributed by atoms with E-state index >= 15 is 0 Å². The number of hydrogen-bond acceptors (Lipinski definition) is 2. The summed E-state index contributed by atoms with van der Waals surface area (Å²) in [5.74, 6) is -1.10. The first kappa shape index (κ1) is 14.5. The van der Waals surface area contributed by atoms with Crippen LogP contribution >= 0.6 is 23.2 Å². The highest BCUT2D eigenvalue weighted by atomic mass is 35.5. The summed E-state index contributed by atoms with van der Waals surface area (Å²) in [6.07, 6.45) is -1.86. The van der Waals surface area contributed by atoms with Gasteiger partial charge in [-0.25, -0.2) is 13.8 Å². The van der Waals surface area contributed by atoms with Crippen LogP contribution in [-0.4, -0.2) is 23.9 Å². The second kappa shape index (κ2) is 5.59. The molecular weight excluding hydrogens is 297 g/mol. The van der Waals surface area contributed by atoms with Crippen LogP contribution in [0.3, 0.4) is 0 Å². The van der Waals surface area contributed by atoms with E-state index in [1.165, 1.54) is 6.07 Å². The summed E-state index contributed by atoms with van der Waals surface area (Å²) in [6.45, 7) is 1.89. The molecule has 0 unspecified atom stereocenters. The van der Waals surface area contributed by atoms with E-state index in [0.717, 1.165) is 0 Å². The van der Waals surface area contributed by atoms with Crippen LogP contribution in [0.15, 0.2) is 6.07 Å². The van der Waals surface area contributed by atoms with Crippen LogP contribution in [0.1, 0.15) is 22.3 Å². The van der Waals surface area contributed by atoms with Gasteiger partial charge in [0.2, 0.25) is 6.43 Å². The van der Waals surface area contributed by atoms with Crippen molar-refractivity contribution < 1.29 is 13.6 Å². The van der Waals surface area contributed by atoms with Crippen molar-refractivity contribution in [2.24, 2.45) is 11.8 Å². The van der Waals surface area contributed by atoms with Gasteiger partial charge in [0, 0.05) is 18.0 Å². The molecule has 1 aromatic rings. The minimum Gasteiger partial charge on any atom is -0.352 e. The summed E-state index contributed by atoms with van der Waals surface area (Å²) < 4.78 is 24.7. The van der Waals surface area contributed by atoms with Crippen molar-refractivity contribution in [2.75, 3.05) is 6.54 Å². The Kier molecular flexibility index (Phi) is 4.26. The molecule has 0 spiro atoms. The maximum atomic E-state index is 12.3. The second-order valence-corrected chi connectivity index (χ2v) is 5.36. The average Bonchev–Trinajstić information content (AvgIpc) is 3.10. The highest BCUT2D eigenvalue weighted by molar-refractivity contribution is 6.33. The second-order valence-electron chi connectivity index (χ2n) is 4.61. The van der Waals surface area contributed by atoms with Gasteiger partial charge in [-0.1, -0.05) is 23.2 Å². The first-order valence-corrected chi connectivity index (χ1v) is 6.54. The first-order valence-electron chi connectivity index (χ1n) is 5.79. The molecule has 1 aromatic heterocycles. The standard InChI is InChI=1S/C12H12Cl2F2N2O/c1-5-7(3-9(13)18-10(5)14)12(19)17-4-6-2-8(6)11(15)16/h3,6,8,11H,2,4H2,1H3,(H,17,19)/t6-,8+/m0/s1. The number of aromatic nitrogens is 1. The van der Waals surface area contributed by atoms with Crippen LogP contribution < -0.4 is 5.32 Å². The van der Waals surface area contributed by atoms with Crippen LogP contribution in [0.25, 0.3) is 0 Å². The topological polar surface area (TPSA) is 42.0 Å². The van der Waals surface area contributed by atoms with Gasteiger partial charge in [0.25, 0.3) is 5.91 Å². The summed E-state index contributed by atoms with van der Waals surface area (Å²) in [6, 6.07) is 1.41. The Morgan fingerprint density at radius 2 is 2.26 bits per heavy atom. The van der Waals surface area contributed by atoms with Crippen molar-refractivity contribution in [1.29, 1.82) is 0 Å². The highest BCUT2D eigenvalue weighted by Crippen LogP contribution is 2.42. The van der Waals surface area contributed by atoms with Crippen molar-refractivity contribution in [3.8, 4) is 0 Å². The van der Waals surface area contributed by atoms with Gasteiger partial charge in [0.1, 0.15) is 10.3 Å². The summed E-state index contributed by atoms with van der Waals surface area (Å²) >= 11 is 11.6. The minimum absolute atomic E-state index is 0.123. The molecule has 2 rings (SSSR count). The van der Waals surface area contributed by atoms with Crippen molar-refractivity contribution in [3.05, 3.63) is 27.5 Å². The van der Waals surface area contributed by atoms with E-state index in [1.54, 1.807) is 6.92 Å². The molecule has 19 heavy (non-hydrogen) atoms. The Labute approximate surface area is 119 Å². The molecule has 1 fully saturated rings. The molecule has 0 bridgehead atoms. The number of rotatable bonds is 4. The van der Waals surface area contributed by atoms with Crippen molar-refractivity contribution in [1.82, 2.24) is 10.3 Å². The average molecular weight is 309 g/mol. The molecule has 104 valence electrons. The third-order valence-corrected chi connectivity index (χ3v) is 3.81. The van der Waals surface area contributed by atoms with Gasteiger partial charge < -0.3 is 5.32 Å². The third-order valence-electron chi connectivity index (χ3n) is 3.25. The number of pyridine rings is 1. The number of alkyl halides is 2. The first-order chi connectivity index (χ1) is 8.90. The number of hydrogen-bond donors (Lipinski definition) is 1. The van der Waals surface area contributed by atoms with E-state index in [2.05, 4.69) is 10.3 Å². The molecular formula is C12H12Cl2F2N2O. The Morgan fingerprint density at radius 3 is 2.84 bits per heavy atom. The van der Waals surface area contributed by atoms with Gasteiger partial charge in [-0.15, -0.1) is 0 Å². The Balaban J connectivity index is 1.98. The largest absolute Gasteiger partial charge is 0.352 e. The predicted molar refractivity (Wildman–Crippen MR) is 68.9 cm³/mol.